The van der Waals surface area contributed by atoms with Crippen LogP contribution in [0.4, 0.5) is 0 Å². The summed E-state index contributed by atoms with van der Waals surface area (Å²) in [5.41, 5.74) is -5.31. The Morgan fingerprint density at radius 3 is 1.21 bits per heavy atom. The third-order valence-corrected chi connectivity index (χ3v) is 15.0. The Labute approximate surface area is 162 Å². The number of para-hydroxylation sites is 2. The van der Waals surface area contributed by atoms with E-state index in [0.717, 1.165) is 12.1 Å². The first-order valence-electron chi connectivity index (χ1n) is 7.91. The molecule has 0 aliphatic heterocycles. The summed E-state index contributed by atoms with van der Waals surface area (Å²) in [6.07, 6.45) is 0. The summed E-state index contributed by atoms with van der Waals surface area (Å²) >= 11 is 0. The molecule has 0 N–H and O–H groups in total. The van der Waals surface area contributed by atoms with Crippen LogP contribution < -0.4 is 13.7 Å². The summed E-state index contributed by atoms with van der Waals surface area (Å²) in [4.78, 5) is 0. The van der Waals surface area contributed by atoms with E-state index in [1.54, 1.807) is 12.1 Å². The van der Waals surface area contributed by atoms with E-state index in [9.17, 15) is 21.4 Å². The molecule has 3 aromatic rings. The summed E-state index contributed by atoms with van der Waals surface area (Å²) < 4.78 is 75.1. The quantitative estimate of drug-likeness (QED) is 0.521. The Morgan fingerprint density at radius 1 is 0.536 bits per heavy atom. The van der Waals surface area contributed by atoms with Gasteiger partial charge in [0.1, 0.15) is 11.5 Å². The van der Waals surface area contributed by atoms with E-state index in [4.69, 9.17) is 8.37 Å². The van der Waals surface area contributed by atoms with Crippen LogP contribution in [0.1, 0.15) is 0 Å². The van der Waals surface area contributed by atoms with Gasteiger partial charge in [0.2, 0.25) is 0 Å². The molecule has 0 amide bonds. The van der Waals surface area contributed by atoms with E-state index in [0.29, 0.717) is 0 Å². The van der Waals surface area contributed by atoms with Gasteiger partial charge in [0.15, 0.2) is 0 Å². The molecule has 3 aromatic carbocycles. The molecule has 7 nitrogen and oxygen atoms in total. The molecule has 0 aromatic heterocycles. The summed E-state index contributed by atoms with van der Waals surface area (Å²) in [6.45, 7) is 0. The maximum Gasteiger partial charge on any atom is 0.407 e. The normalized spacial score (nSPS) is 12.3. The van der Waals surface area contributed by atoms with Crippen molar-refractivity contribution in [3.8, 4) is 11.5 Å². The Balaban J connectivity index is 2.15. The van der Waals surface area contributed by atoms with Gasteiger partial charge in [0.05, 0.1) is 0 Å². The second kappa shape index (κ2) is 7.79. The molecular formula is C18H15O7PS2. The van der Waals surface area contributed by atoms with Crippen molar-refractivity contribution < 1.29 is 29.8 Å². The van der Waals surface area contributed by atoms with Crippen LogP contribution in [-0.2, 0) is 24.0 Å². The summed E-state index contributed by atoms with van der Waals surface area (Å²) in [7, 11) is -10.3. The number of hydrogen-bond acceptors (Lipinski definition) is 7. The minimum absolute atomic E-state index is 0.173. The molecule has 0 aliphatic rings. The highest BCUT2D eigenvalue weighted by atomic mass is 33.1. The summed E-state index contributed by atoms with van der Waals surface area (Å²) in [5, 5.41) is -0.443. The fourth-order valence-corrected chi connectivity index (χ4v) is 11.1. The van der Waals surface area contributed by atoms with Crippen LogP contribution in [0, 0.1) is 0 Å². The lowest BCUT2D eigenvalue weighted by Crippen LogP contribution is -2.26. The van der Waals surface area contributed by atoms with Crippen molar-refractivity contribution in [3.63, 3.8) is 0 Å². The van der Waals surface area contributed by atoms with Crippen molar-refractivity contribution >= 4 is 30.3 Å². The van der Waals surface area contributed by atoms with E-state index in [2.05, 4.69) is 0 Å². The molecule has 146 valence electrons. The van der Waals surface area contributed by atoms with Crippen LogP contribution in [0.2, 0.25) is 0 Å². The number of rotatable bonds is 7. The summed E-state index contributed by atoms with van der Waals surface area (Å²) in [5.74, 6) is -0.345. The van der Waals surface area contributed by atoms with Gasteiger partial charge in [-0.1, -0.05) is 54.6 Å². The molecule has 10 heteroatoms. The van der Waals surface area contributed by atoms with Gasteiger partial charge in [-0.2, -0.15) is 16.8 Å². The zero-order valence-corrected chi connectivity index (χ0v) is 16.8. The van der Waals surface area contributed by atoms with Crippen molar-refractivity contribution in [3.05, 3.63) is 91.0 Å². The van der Waals surface area contributed by atoms with E-state index in [-0.39, 0.29) is 11.5 Å². The van der Waals surface area contributed by atoms with Gasteiger partial charge in [0, 0.05) is 5.30 Å². The first-order chi connectivity index (χ1) is 13.3. The smallest absolute Gasteiger partial charge is 0.377 e. The molecule has 0 aliphatic carbocycles. The number of hydrogen-bond donors (Lipinski definition) is 0. The van der Waals surface area contributed by atoms with Gasteiger partial charge in [0.25, 0.3) is 0 Å². The third kappa shape index (κ3) is 3.82. The lowest BCUT2D eigenvalue weighted by atomic mass is 10.3. The highest BCUT2D eigenvalue weighted by Gasteiger charge is 2.56. The first-order valence-corrected chi connectivity index (χ1v) is 13.6. The minimum Gasteiger partial charge on any atom is -0.377 e. The van der Waals surface area contributed by atoms with Crippen molar-refractivity contribution in [2.24, 2.45) is 0 Å². The van der Waals surface area contributed by atoms with Crippen LogP contribution >= 0.6 is 5.55 Å². The zero-order valence-electron chi connectivity index (χ0n) is 14.3. The molecular weight excluding hydrogens is 423 g/mol. The Hall–Kier alpha value is -2.61. The summed E-state index contributed by atoms with van der Waals surface area (Å²) in [6, 6.07) is 21.0. The Kier molecular flexibility index (Phi) is 5.60. The fourth-order valence-electron chi connectivity index (χ4n) is 2.27. The third-order valence-electron chi connectivity index (χ3n) is 3.55. The monoisotopic (exact) mass is 438 g/mol. The molecule has 28 heavy (non-hydrogen) atoms. The molecule has 0 bridgehead atoms. The predicted octanol–water partition coefficient (Wildman–Crippen LogP) is 3.32. The van der Waals surface area contributed by atoms with Gasteiger partial charge in [-0.25, -0.2) is 0 Å². The predicted molar refractivity (Wildman–Crippen MR) is 106 cm³/mol. The second-order valence-electron chi connectivity index (χ2n) is 5.48. The minimum atomic E-state index is -5.31. The van der Waals surface area contributed by atoms with Crippen LogP contribution in [0.3, 0.4) is 0 Å². The van der Waals surface area contributed by atoms with Crippen LogP contribution in [0.25, 0.3) is 0 Å². The van der Waals surface area contributed by atoms with E-state index in [1.807, 2.05) is 0 Å². The maximum absolute atomic E-state index is 13.6. The molecule has 0 spiro atoms. The van der Waals surface area contributed by atoms with Gasteiger partial charge in [-0.3, -0.25) is 4.57 Å². The largest absolute Gasteiger partial charge is 0.407 e. The first kappa shape index (κ1) is 20.1. The van der Waals surface area contributed by atoms with Gasteiger partial charge in [-0.15, -0.1) is 0 Å². The van der Waals surface area contributed by atoms with Crippen molar-refractivity contribution in [2.75, 3.05) is 0 Å². The van der Waals surface area contributed by atoms with Gasteiger partial charge in [-0.05, 0) is 36.4 Å². The molecule has 0 fully saturated rings. The van der Waals surface area contributed by atoms with E-state index < -0.39 is 30.3 Å². The molecule has 3 rings (SSSR count). The SMILES string of the molecule is O=P(c1ccccc1)(S(=O)(=O)Oc1ccccc1)S(=O)(=O)Oc1ccccc1. The van der Waals surface area contributed by atoms with E-state index in [1.165, 1.54) is 66.7 Å². The number of benzene rings is 3. The lowest BCUT2D eigenvalue weighted by molar-refractivity contribution is 0.488. The molecule has 0 atom stereocenters. The molecule has 0 saturated carbocycles. The molecule has 0 unspecified atom stereocenters. The zero-order chi connectivity index (χ0) is 20.3. The average molecular weight is 438 g/mol. The standard InChI is InChI=1S/C18H15O7PS2/c19-26(18-14-8-3-9-15-18,27(20,21)24-16-10-4-1-5-11-16)28(22,23)25-17-12-6-2-7-13-17/h1-15H. The van der Waals surface area contributed by atoms with Crippen LogP contribution in [0.5, 0.6) is 11.5 Å². The average Bonchev–Trinajstić information content (AvgIpc) is 2.68. The fraction of sp³-hybridized carbons (Fsp3) is 0. The highest BCUT2D eigenvalue weighted by molar-refractivity contribution is 8.84. The Bertz CT molecular complexity index is 1120. The Morgan fingerprint density at radius 2 is 0.857 bits per heavy atom. The maximum atomic E-state index is 13.6. The molecule has 0 radical (unpaired) electrons. The van der Waals surface area contributed by atoms with Crippen LogP contribution in [0.15, 0.2) is 91.0 Å². The molecule has 0 saturated heterocycles. The topological polar surface area (TPSA) is 104 Å². The van der Waals surface area contributed by atoms with Crippen LogP contribution in [-0.4, -0.2) is 16.8 Å². The van der Waals surface area contributed by atoms with Gasteiger partial charge >= 0.3 is 25.0 Å². The highest BCUT2D eigenvalue weighted by Crippen LogP contribution is 2.58. The van der Waals surface area contributed by atoms with Crippen molar-refractivity contribution in [1.29, 1.82) is 0 Å². The van der Waals surface area contributed by atoms with Gasteiger partial charge < -0.3 is 8.37 Å². The van der Waals surface area contributed by atoms with Crippen molar-refractivity contribution in [2.45, 2.75) is 0 Å². The van der Waals surface area contributed by atoms with Crippen molar-refractivity contribution in [1.82, 2.24) is 0 Å². The lowest BCUT2D eigenvalue weighted by Gasteiger charge is -2.19. The molecule has 0 heterocycles. The second-order valence-corrected chi connectivity index (χ2v) is 15.5. The van der Waals surface area contributed by atoms with E-state index >= 15 is 0 Å².